The first kappa shape index (κ1) is 23.0. The Balaban J connectivity index is 0.000000547. The maximum atomic E-state index is 11.3. The minimum absolute atomic E-state index is 0.00428. The first-order chi connectivity index (χ1) is 11.5. The van der Waals surface area contributed by atoms with Gasteiger partial charge in [-0.2, -0.15) is 0 Å². The molecule has 1 aliphatic heterocycles. The molecule has 8 heteroatoms. The van der Waals surface area contributed by atoms with Gasteiger partial charge in [-0.1, -0.05) is 6.92 Å². The molecule has 1 rings (SSSR count). The zero-order chi connectivity index (χ0) is 19.7. The van der Waals surface area contributed by atoms with E-state index in [1.807, 2.05) is 0 Å². The van der Waals surface area contributed by atoms with Crippen LogP contribution in [0.4, 0.5) is 0 Å². The second-order valence-electron chi connectivity index (χ2n) is 6.46. The van der Waals surface area contributed by atoms with Crippen molar-refractivity contribution in [3.05, 3.63) is 0 Å². The average Bonchev–Trinajstić information content (AvgIpc) is 2.79. The number of carboxylic acid groups (broad SMARTS) is 2. The van der Waals surface area contributed by atoms with Crippen LogP contribution in [0.5, 0.6) is 0 Å². The van der Waals surface area contributed by atoms with Gasteiger partial charge in [0.05, 0.1) is 0 Å². The molecule has 8 nitrogen and oxygen atoms in total. The largest absolute Gasteiger partial charge is 0.481 e. The van der Waals surface area contributed by atoms with Crippen LogP contribution in [0.15, 0.2) is 0 Å². The highest BCUT2D eigenvalue weighted by Gasteiger charge is 2.38. The van der Waals surface area contributed by atoms with Crippen molar-refractivity contribution >= 4 is 23.8 Å². The van der Waals surface area contributed by atoms with Gasteiger partial charge in [-0.15, -0.1) is 0 Å². The number of imide groups is 1. The van der Waals surface area contributed by atoms with Gasteiger partial charge in [0.1, 0.15) is 6.04 Å². The molecular weight excluding hydrogens is 328 g/mol. The molecule has 1 atom stereocenters. The lowest BCUT2D eigenvalue weighted by atomic mass is 10.1. The van der Waals surface area contributed by atoms with Crippen LogP contribution in [0.3, 0.4) is 0 Å². The molecule has 0 spiro atoms. The Kier molecular flexibility index (Phi) is 9.96. The average molecular weight is 358 g/mol. The Labute approximate surface area is 148 Å². The number of rotatable bonds is 8. The molecule has 1 fully saturated rings. The number of carboxylic acids is 2. The van der Waals surface area contributed by atoms with E-state index >= 15 is 0 Å². The number of hydrogen-bond acceptors (Lipinski definition) is 5. The first-order valence-electron chi connectivity index (χ1n) is 8.58. The van der Waals surface area contributed by atoms with Crippen LogP contribution in [-0.4, -0.2) is 68.4 Å². The topological polar surface area (TPSA) is 115 Å². The third-order valence-corrected chi connectivity index (χ3v) is 4.01. The Morgan fingerprint density at radius 2 is 1.48 bits per heavy atom. The van der Waals surface area contributed by atoms with E-state index in [1.54, 1.807) is 0 Å². The molecule has 0 aliphatic carbocycles. The molecule has 2 N–H and O–H groups in total. The van der Waals surface area contributed by atoms with Gasteiger partial charge in [-0.05, 0) is 40.7 Å². The summed E-state index contributed by atoms with van der Waals surface area (Å²) in [4.78, 5) is 46.8. The van der Waals surface area contributed by atoms with Gasteiger partial charge in [0.25, 0.3) is 0 Å². The number of carbonyl (C=O) groups excluding carboxylic acids is 2. The maximum absolute atomic E-state index is 11.3. The second kappa shape index (κ2) is 10.8. The molecule has 2 amide bonds. The van der Waals surface area contributed by atoms with E-state index < -0.39 is 36.2 Å². The van der Waals surface area contributed by atoms with Gasteiger partial charge < -0.3 is 10.2 Å². The minimum atomic E-state index is -1.36. The van der Waals surface area contributed by atoms with Crippen molar-refractivity contribution in [1.82, 2.24) is 9.80 Å². The smallest absolute Gasteiger partial charge is 0.326 e. The fraction of sp³-hybridized carbons (Fsp3) is 0.765. The third kappa shape index (κ3) is 7.64. The van der Waals surface area contributed by atoms with E-state index in [4.69, 9.17) is 10.2 Å². The number of likely N-dealkylation sites (tertiary alicyclic amines) is 1. The van der Waals surface area contributed by atoms with E-state index in [0.29, 0.717) is 17.0 Å². The highest BCUT2D eigenvalue weighted by molar-refractivity contribution is 6.04. The molecule has 0 aromatic rings. The highest BCUT2D eigenvalue weighted by Crippen LogP contribution is 2.18. The SMILES string of the molecule is CCN(C(C)C)C(C)C.O=C(O)CCC(C(=O)O)N1C(=O)CCC1=O. The zero-order valence-corrected chi connectivity index (χ0v) is 15.7. The molecule has 1 heterocycles. The quantitative estimate of drug-likeness (QED) is 0.633. The van der Waals surface area contributed by atoms with E-state index in [2.05, 4.69) is 39.5 Å². The van der Waals surface area contributed by atoms with Crippen LogP contribution in [0.25, 0.3) is 0 Å². The fourth-order valence-electron chi connectivity index (χ4n) is 2.89. The van der Waals surface area contributed by atoms with Gasteiger partial charge in [-0.3, -0.25) is 24.2 Å². The second-order valence-corrected chi connectivity index (χ2v) is 6.46. The molecule has 0 saturated carbocycles. The van der Waals surface area contributed by atoms with E-state index in [9.17, 15) is 19.2 Å². The molecule has 25 heavy (non-hydrogen) atoms. The lowest BCUT2D eigenvalue weighted by Crippen LogP contribution is -2.44. The van der Waals surface area contributed by atoms with Crippen molar-refractivity contribution in [3.63, 3.8) is 0 Å². The predicted octanol–water partition coefficient (Wildman–Crippen LogP) is 1.58. The number of carbonyl (C=O) groups is 4. The fourth-order valence-corrected chi connectivity index (χ4v) is 2.89. The summed E-state index contributed by atoms with van der Waals surface area (Å²) < 4.78 is 0. The van der Waals surface area contributed by atoms with Crippen molar-refractivity contribution in [1.29, 1.82) is 0 Å². The Hall–Kier alpha value is -1.96. The molecule has 1 aliphatic rings. The molecule has 0 bridgehead atoms. The standard InChI is InChI=1S/C9H11NO6.C8H19N/c11-6-2-3-7(12)10(6)5(9(15)16)1-4-8(13)14;1-6-9(7(2)3)8(4)5/h5H,1-4H2,(H,13,14)(H,15,16);7-8H,6H2,1-5H3. The molecule has 144 valence electrons. The van der Waals surface area contributed by atoms with Gasteiger partial charge in [0.15, 0.2) is 0 Å². The molecule has 1 saturated heterocycles. The van der Waals surface area contributed by atoms with Crippen LogP contribution in [0.2, 0.25) is 0 Å². The maximum Gasteiger partial charge on any atom is 0.326 e. The lowest BCUT2D eigenvalue weighted by Gasteiger charge is -2.28. The van der Waals surface area contributed by atoms with Crippen LogP contribution >= 0.6 is 0 Å². The highest BCUT2D eigenvalue weighted by atomic mass is 16.4. The van der Waals surface area contributed by atoms with Crippen LogP contribution in [-0.2, 0) is 19.2 Å². The summed E-state index contributed by atoms with van der Waals surface area (Å²) in [6, 6.07) is 0.0172. The van der Waals surface area contributed by atoms with Crippen molar-refractivity contribution in [2.24, 2.45) is 0 Å². The third-order valence-electron chi connectivity index (χ3n) is 4.01. The van der Waals surface area contributed by atoms with Gasteiger partial charge in [-0.25, -0.2) is 4.79 Å². The van der Waals surface area contributed by atoms with Crippen LogP contribution in [0.1, 0.15) is 60.3 Å². The summed E-state index contributed by atoms with van der Waals surface area (Å²) >= 11 is 0. The Morgan fingerprint density at radius 1 is 1.04 bits per heavy atom. The molecule has 0 radical (unpaired) electrons. The van der Waals surface area contributed by atoms with E-state index in [-0.39, 0.29) is 19.3 Å². The molecule has 0 aromatic heterocycles. The van der Waals surface area contributed by atoms with Crippen LogP contribution in [0, 0.1) is 0 Å². The van der Waals surface area contributed by atoms with E-state index in [0.717, 1.165) is 6.54 Å². The number of hydrogen-bond donors (Lipinski definition) is 2. The lowest BCUT2D eigenvalue weighted by molar-refractivity contribution is -0.155. The predicted molar refractivity (Wildman–Crippen MR) is 92.0 cm³/mol. The summed E-state index contributed by atoms with van der Waals surface area (Å²) in [6.45, 7) is 12.3. The summed E-state index contributed by atoms with van der Waals surface area (Å²) in [5.74, 6) is -3.62. The van der Waals surface area contributed by atoms with Gasteiger partial charge in [0, 0.05) is 31.3 Å². The monoisotopic (exact) mass is 358 g/mol. The minimum Gasteiger partial charge on any atom is -0.481 e. The Morgan fingerprint density at radius 3 is 1.72 bits per heavy atom. The Bertz CT molecular complexity index is 466. The number of amides is 2. The zero-order valence-electron chi connectivity index (χ0n) is 15.7. The van der Waals surface area contributed by atoms with Gasteiger partial charge in [0.2, 0.25) is 11.8 Å². The summed E-state index contributed by atoms with van der Waals surface area (Å²) in [7, 11) is 0. The van der Waals surface area contributed by atoms with Crippen molar-refractivity contribution in [2.75, 3.05) is 6.54 Å². The number of nitrogens with zero attached hydrogens (tertiary/aromatic N) is 2. The summed E-state index contributed by atoms with van der Waals surface area (Å²) in [5.41, 5.74) is 0. The van der Waals surface area contributed by atoms with Crippen LogP contribution < -0.4 is 0 Å². The van der Waals surface area contributed by atoms with Crippen molar-refractivity contribution in [2.45, 2.75) is 78.4 Å². The van der Waals surface area contributed by atoms with Gasteiger partial charge >= 0.3 is 11.9 Å². The van der Waals surface area contributed by atoms with Crippen molar-refractivity contribution < 1.29 is 29.4 Å². The van der Waals surface area contributed by atoms with Crippen molar-refractivity contribution in [3.8, 4) is 0 Å². The number of aliphatic carboxylic acids is 2. The first-order valence-corrected chi connectivity index (χ1v) is 8.58. The summed E-state index contributed by atoms with van der Waals surface area (Å²) in [5, 5.41) is 17.3. The summed E-state index contributed by atoms with van der Waals surface area (Å²) in [6.07, 6.45) is -0.665. The van der Waals surface area contributed by atoms with E-state index in [1.165, 1.54) is 0 Å². The normalized spacial score (nSPS) is 15.6. The molecule has 0 aromatic carbocycles. The molecular formula is C17H30N2O6. The molecule has 1 unspecified atom stereocenters.